The van der Waals surface area contributed by atoms with E-state index in [0.717, 1.165) is 25.8 Å². The van der Waals surface area contributed by atoms with E-state index in [9.17, 15) is 14.0 Å². The number of halogens is 2. The first kappa shape index (κ1) is 17.2. The van der Waals surface area contributed by atoms with Gasteiger partial charge in [-0.2, -0.15) is 0 Å². The van der Waals surface area contributed by atoms with Crippen molar-refractivity contribution < 1.29 is 14.0 Å². The minimum absolute atomic E-state index is 0.172. The van der Waals surface area contributed by atoms with E-state index in [1.165, 1.54) is 24.3 Å². The number of imide groups is 1. The third-order valence-corrected chi connectivity index (χ3v) is 5.28. The van der Waals surface area contributed by atoms with E-state index in [1.807, 2.05) is 24.3 Å². The Bertz CT molecular complexity index is 863. The third kappa shape index (κ3) is 3.57. The number of amides is 2. The summed E-state index contributed by atoms with van der Waals surface area (Å²) in [6.07, 6.45) is 1.70. The van der Waals surface area contributed by atoms with Crippen molar-refractivity contribution in [3.63, 3.8) is 0 Å². The molecule has 0 spiro atoms. The lowest BCUT2D eigenvalue weighted by Gasteiger charge is -2.12. The van der Waals surface area contributed by atoms with Crippen molar-refractivity contribution in [3.05, 3.63) is 74.0 Å². The van der Waals surface area contributed by atoms with Gasteiger partial charge in [-0.15, -0.1) is 0 Å². The predicted octanol–water partition coefficient (Wildman–Crippen LogP) is 4.47. The fourth-order valence-electron chi connectivity index (χ4n) is 2.07. The number of carbonyl (C=O) groups is 2. The molecule has 0 unspecified atom stereocenters. The Labute approximate surface area is 161 Å². The molecule has 1 aliphatic heterocycles. The van der Waals surface area contributed by atoms with Crippen molar-refractivity contribution in [1.82, 2.24) is 4.90 Å². The zero-order chi connectivity index (χ0) is 17.3. The van der Waals surface area contributed by atoms with Crippen LogP contribution in [0.2, 0.25) is 0 Å². The number of rotatable bonds is 2. The molecule has 1 saturated heterocycles. The summed E-state index contributed by atoms with van der Waals surface area (Å²) in [4.78, 5) is 26.3. The fourth-order valence-corrected chi connectivity index (χ4v) is 3.69. The Balaban J connectivity index is 1.87. The minimum Gasteiger partial charge on any atom is -0.268 e. The van der Waals surface area contributed by atoms with Crippen molar-refractivity contribution in [2.75, 3.05) is 0 Å². The summed E-state index contributed by atoms with van der Waals surface area (Å²) in [5.41, 5.74) is 1.06. The van der Waals surface area contributed by atoms with E-state index in [0.29, 0.717) is 4.91 Å². The number of nitrogens with zero attached hydrogens (tertiary/aromatic N) is 1. The second kappa shape index (κ2) is 7.12. The average molecular weight is 469 g/mol. The molecule has 3 rings (SSSR count). The largest absolute Gasteiger partial charge is 0.273 e. The van der Waals surface area contributed by atoms with Crippen LogP contribution < -0.4 is 0 Å². The molecule has 24 heavy (non-hydrogen) atoms. The lowest BCUT2D eigenvalue weighted by Crippen LogP contribution is -2.34. The molecule has 0 bridgehead atoms. The van der Waals surface area contributed by atoms with Crippen LogP contribution in [0, 0.1) is 9.39 Å². The maximum atomic E-state index is 13.0. The fraction of sp³-hybridized carbons (Fsp3) is 0. The van der Waals surface area contributed by atoms with E-state index in [1.54, 1.807) is 6.08 Å². The van der Waals surface area contributed by atoms with Crippen LogP contribution in [0.3, 0.4) is 0 Å². The van der Waals surface area contributed by atoms with Gasteiger partial charge in [0.1, 0.15) is 5.82 Å². The Kier molecular flexibility index (Phi) is 5.12. The summed E-state index contributed by atoms with van der Waals surface area (Å²) in [5.74, 6) is -1.46. The van der Waals surface area contributed by atoms with Crippen LogP contribution in [0.4, 0.5) is 4.39 Å². The van der Waals surface area contributed by atoms with Crippen molar-refractivity contribution in [1.29, 1.82) is 0 Å². The molecule has 0 aliphatic carbocycles. The Morgan fingerprint density at radius 3 is 2.38 bits per heavy atom. The van der Waals surface area contributed by atoms with Crippen LogP contribution in [-0.2, 0) is 4.79 Å². The maximum Gasteiger partial charge on any atom is 0.273 e. The van der Waals surface area contributed by atoms with Gasteiger partial charge in [-0.1, -0.05) is 36.1 Å². The molecule has 0 aromatic heterocycles. The van der Waals surface area contributed by atoms with Gasteiger partial charge in [0.05, 0.1) is 4.91 Å². The molecular weight excluding hydrogens is 460 g/mol. The summed E-state index contributed by atoms with van der Waals surface area (Å²) in [7, 11) is 0. The standard InChI is InChI=1S/C17H9FINO2S2/c18-12-5-3-11(4-6-12)15(21)20-16(22)14(24-17(20)23)9-10-1-7-13(19)8-2-10/h1-9H/b14-9+. The van der Waals surface area contributed by atoms with Gasteiger partial charge in [-0.05, 0) is 70.6 Å². The number of thiocarbonyl (C=S) groups is 1. The minimum atomic E-state index is -0.552. The summed E-state index contributed by atoms with van der Waals surface area (Å²) in [6.45, 7) is 0. The summed E-state index contributed by atoms with van der Waals surface area (Å²) >= 11 is 8.44. The zero-order valence-corrected chi connectivity index (χ0v) is 15.8. The predicted molar refractivity (Wildman–Crippen MR) is 105 cm³/mol. The van der Waals surface area contributed by atoms with Crippen LogP contribution in [0.1, 0.15) is 15.9 Å². The molecule has 1 aliphatic rings. The molecule has 120 valence electrons. The van der Waals surface area contributed by atoms with Gasteiger partial charge in [-0.25, -0.2) is 9.29 Å². The lowest BCUT2D eigenvalue weighted by molar-refractivity contribution is -0.120. The van der Waals surface area contributed by atoms with Crippen LogP contribution in [0.25, 0.3) is 6.08 Å². The smallest absolute Gasteiger partial charge is 0.268 e. The molecule has 2 aromatic rings. The Morgan fingerprint density at radius 2 is 1.75 bits per heavy atom. The highest BCUT2D eigenvalue weighted by Gasteiger charge is 2.37. The molecule has 2 amide bonds. The van der Waals surface area contributed by atoms with Crippen molar-refractivity contribution in [2.45, 2.75) is 0 Å². The van der Waals surface area contributed by atoms with Crippen LogP contribution >= 0.6 is 46.6 Å². The molecular formula is C17H9FINO2S2. The zero-order valence-electron chi connectivity index (χ0n) is 12.0. The molecule has 7 heteroatoms. The van der Waals surface area contributed by atoms with Crippen molar-refractivity contribution in [2.24, 2.45) is 0 Å². The second-order valence-corrected chi connectivity index (χ2v) is 7.80. The average Bonchev–Trinajstić information content (AvgIpc) is 2.83. The summed E-state index contributed by atoms with van der Waals surface area (Å²) < 4.78 is 14.2. The highest BCUT2D eigenvalue weighted by atomic mass is 127. The van der Waals surface area contributed by atoms with Gasteiger partial charge in [0, 0.05) is 9.13 Å². The van der Waals surface area contributed by atoms with Crippen LogP contribution in [0.5, 0.6) is 0 Å². The van der Waals surface area contributed by atoms with Gasteiger partial charge in [-0.3, -0.25) is 9.59 Å². The van der Waals surface area contributed by atoms with Gasteiger partial charge >= 0.3 is 0 Å². The maximum absolute atomic E-state index is 13.0. The van der Waals surface area contributed by atoms with Crippen molar-refractivity contribution in [3.8, 4) is 0 Å². The molecule has 0 saturated carbocycles. The molecule has 1 fully saturated rings. The Morgan fingerprint density at radius 1 is 1.12 bits per heavy atom. The van der Waals surface area contributed by atoms with E-state index in [-0.39, 0.29) is 9.88 Å². The summed E-state index contributed by atoms with van der Waals surface area (Å²) in [6, 6.07) is 12.6. The number of benzene rings is 2. The molecule has 1 heterocycles. The first-order valence-electron chi connectivity index (χ1n) is 6.79. The van der Waals surface area contributed by atoms with Crippen molar-refractivity contribution >= 4 is 68.8 Å². The van der Waals surface area contributed by atoms with Gasteiger partial charge in [0.2, 0.25) is 0 Å². The molecule has 2 aromatic carbocycles. The topological polar surface area (TPSA) is 37.4 Å². The molecule has 3 nitrogen and oxygen atoms in total. The second-order valence-electron chi connectivity index (χ2n) is 4.88. The number of hydrogen-bond donors (Lipinski definition) is 0. The van der Waals surface area contributed by atoms with Gasteiger partial charge in [0.25, 0.3) is 11.8 Å². The van der Waals surface area contributed by atoms with Crippen LogP contribution in [0.15, 0.2) is 53.4 Å². The molecule has 0 atom stereocenters. The van der Waals surface area contributed by atoms with E-state index in [4.69, 9.17) is 12.2 Å². The normalized spacial score (nSPS) is 16.1. The number of thioether (sulfide) groups is 1. The molecule has 0 N–H and O–H groups in total. The number of carbonyl (C=O) groups excluding carboxylic acids is 2. The monoisotopic (exact) mass is 469 g/mol. The quantitative estimate of drug-likeness (QED) is 0.282. The Hall–Kier alpha value is -1.58. The lowest BCUT2D eigenvalue weighted by atomic mass is 10.2. The summed E-state index contributed by atoms with van der Waals surface area (Å²) in [5, 5.41) is 0. The SMILES string of the molecule is O=C1/C(=C\c2ccc(I)cc2)SC(=S)N1C(=O)c1ccc(F)cc1. The van der Waals surface area contributed by atoms with Gasteiger partial charge < -0.3 is 0 Å². The highest BCUT2D eigenvalue weighted by molar-refractivity contribution is 14.1. The first-order valence-corrected chi connectivity index (χ1v) is 9.09. The van der Waals surface area contributed by atoms with Crippen LogP contribution in [-0.4, -0.2) is 21.0 Å². The first-order chi connectivity index (χ1) is 11.5. The van der Waals surface area contributed by atoms with Gasteiger partial charge in [0.15, 0.2) is 4.32 Å². The number of hydrogen-bond acceptors (Lipinski definition) is 4. The van der Waals surface area contributed by atoms with E-state index in [2.05, 4.69) is 22.6 Å². The molecule has 0 radical (unpaired) electrons. The third-order valence-electron chi connectivity index (χ3n) is 3.26. The highest BCUT2D eigenvalue weighted by Crippen LogP contribution is 2.33. The van der Waals surface area contributed by atoms with E-state index < -0.39 is 17.6 Å². The van der Waals surface area contributed by atoms with E-state index >= 15 is 0 Å².